The molecule has 1 atom stereocenters. The summed E-state index contributed by atoms with van der Waals surface area (Å²) in [5.74, 6) is 1.52. The number of benzene rings is 1. The van der Waals surface area contributed by atoms with E-state index >= 15 is 0 Å². The Labute approximate surface area is 84.8 Å². The van der Waals surface area contributed by atoms with Crippen LogP contribution in [0.15, 0.2) is 24.3 Å². The molecule has 0 radical (unpaired) electrons. The third kappa shape index (κ3) is 2.44. The third-order valence-electron chi connectivity index (χ3n) is 2.83. The Morgan fingerprint density at radius 1 is 1.23 bits per heavy atom. The maximum absolute atomic E-state index is 2.32. The largest absolute Gasteiger partial charge is 0.0673 e. The highest BCUT2D eigenvalue weighted by Gasteiger charge is 2.14. The van der Waals surface area contributed by atoms with E-state index in [9.17, 15) is 0 Å². The molecule has 0 fully saturated rings. The monoisotopic (exact) mass is 192 g/mol. The van der Waals surface area contributed by atoms with Crippen molar-refractivity contribution in [1.82, 2.24) is 0 Å². The van der Waals surface area contributed by atoms with Gasteiger partial charge in [0, 0.05) is 10.2 Å². The van der Waals surface area contributed by atoms with Gasteiger partial charge in [-0.1, -0.05) is 50.2 Å². The summed E-state index contributed by atoms with van der Waals surface area (Å²) in [6, 6.07) is 8.89. The molecule has 0 spiro atoms. The quantitative estimate of drug-likeness (QED) is 0.641. The smallest absolute Gasteiger partial charge is 0.0388 e. The summed E-state index contributed by atoms with van der Waals surface area (Å²) in [5.41, 5.74) is 1.59. The molecule has 0 saturated carbocycles. The zero-order valence-electron chi connectivity index (χ0n) is 9.17. The standard InChI is InChI=1S/C12H20Si/c1-4-10(9(2)3)11-7-5-6-8-12(11)13/h5-10H,4H2,1-3,13H3. The summed E-state index contributed by atoms with van der Waals surface area (Å²) < 4.78 is 0. The van der Waals surface area contributed by atoms with Gasteiger partial charge in [0.05, 0.1) is 0 Å². The van der Waals surface area contributed by atoms with Gasteiger partial charge in [0.2, 0.25) is 0 Å². The van der Waals surface area contributed by atoms with Crippen molar-refractivity contribution in [3.8, 4) is 0 Å². The lowest BCUT2D eigenvalue weighted by Gasteiger charge is -2.21. The molecule has 0 nitrogen and oxygen atoms in total. The van der Waals surface area contributed by atoms with Crippen molar-refractivity contribution in [2.75, 3.05) is 0 Å². The molecule has 0 N–H and O–H groups in total. The average Bonchev–Trinajstić information content (AvgIpc) is 2.09. The van der Waals surface area contributed by atoms with Gasteiger partial charge in [-0.2, -0.15) is 0 Å². The molecule has 72 valence electrons. The zero-order valence-corrected chi connectivity index (χ0v) is 11.2. The first-order valence-electron chi connectivity index (χ1n) is 5.22. The predicted octanol–water partition coefficient (Wildman–Crippen LogP) is 1.83. The maximum Gasteiger partial charge on any atom is 0.0388 e. The van der Waals surface area contributed by atoms with Crippen molar-refractivity contribution >= 4 is 15.4 Å². The van der Waals surface area contributed by atoms with Crippen LogP contribution in [-0.4, -0.2) is 10.2 Å². The van der Waals surface area contributed by atoms with E-state index in [1.165, 1.54) is 16.7 Å². The Bertz CT molecular complexity index is 266. The molecule has 1 heteroatoms. The van der Waals surface area contributed by atoms with Crippen LogP contribution in [-0.2, 0) is 0 Å². The number of hydrogen-bond acceptors (Lipinski definition) is 0. The van der Waals surface area contributed by atoms with Crippen molar-refractivity contribution < 1.29 is 0 Å². The zero-order chi connectivity index (χ0) is 9.84. The molecule has 0 amide bonds. The van der Waals surface area contributed by atoms with E-state index in [1.54, 1.807) is 10.8 Å². The first kappa shape index (κ1) is 10.5. The summed E-state index contributed by atoms with van der Waals surface area (Å²) in [6.07, 6.45) is 1.26. The molecule has 1 rings (SSSR count). The van der Waals surface area contributed by atoms with Crippen molar-refractivity contribution in [3.63, 3.8) is 0 Å². The molecular weight excluding hydrogens is 172 g/mol. The Hall–Kier alpha value is -0.563. The van der Waals surface area contributed by atoms with E-state index in [1.807, 2.05) is 0 Å². The van der Waals surface area contributed by atoms with Gasteiger partial charge in [-0.15, -0.1) is 0 Å². The molecule has 0 heterocycles. The molecule has 13 heavy (non-hydrogen) atoms. The molecule has 1 unspecified atom stereocenters. The van der Waals surface area contributed by atoms with Crippen LogP contribution in [0.1, 0.15) is 38.7 Å². The van der Waals surface area contributed by atoms with Gasteiger partial charge in [0.15, 0.2) is 0 Å². The Kier molecular flexibility index (Phi) is 3.73. The highest BCUT2D eigenvalue weighted by molar-refractivity contribution is 6.33. The lowest BCUT2D eigenvalue weighted by molar-refractivity contribution is 0.487. The lowest BCUT2D eigenvalue weighted by Crippen LogP contribution is -2.17. The molecule has 1 aromatic rings. The van der Waals surface area contributed by atoms with Crippen LogP contribution < -0.4 is 5.19 Å². The van der Waals surface area contributed by atoms with E-state index in [4.69, 9.17) is 0 Å². The van der Waals surface area contributed by atoms with Gasteiger partial charge < -0.3 is 0 Å². The molecule has 0 saturated heterocycles. The SMILES string of the molecule is CCC(c1ccccc1[SiH3])C(C)C. The van der Waals surface area contributed by atoms with E-state index in [0.717, 1.165) is 11.8 Å². The van der Waals surface area contributed by atoms with E-state index in [2.05, 4.69) is 45.0 Å². The van der Waals surface area contributed by atoms with Crippen LogP contribution in [0, 0.1) is 5.92 Å². The van der Waals surface area contributed by atoms with Gasteiger partial charge in [-0.3, -0.25) is 0 Å². The molecule has 1 aromatic carbocycles. The second-order valence-electron chi connectivity index (χ2n) is 4.12. The minimum Gasteiger partial charge on any atom is -0.0673 e. The van der Waals surface area contributed by atoms with Gasteiger partial charge >= 0.3 is 0 Å². The van der Waals surface area contributed by atoms with Crippen LogP contribution in [0.3, 0.4) is 0 Å². The van der Waals surface area contributed by atoms with Gasteiger partial charge in [-0.25, -0.2) is 0 Å². The van der Waals surface area contributed by atoms with Crippen LogP contribution in [0.5, 0.6) is 0 Å². The van der Waals surface area contributed by atoms with E-state index in [-0.39, 0.29) is 0 Å². The lowest BCUT2D eigenvalue weighted by atomic mass is 9.86. The first-order chi connectivity index (χ1) is 6.16. The number of rotatable bonds is 3. The van der Waals surface area contributed by atoms with Crippen molar-refractivity contribution in [2.45, 2.75) is 33.1 Å². The minimum absolute atomic E-state index is 0.758. The molecular formula is C12H20Si. The molecule has 0 aliphatic carbocycles. The summed E-state index contributed by atoms with van der Waals surface area (Å²) in [5, 5.41) is 1.57. The topological polar surface area (TPSA) is 0 Å². The normalized spacial score (nSPS) is 13.5. The van der Waals surface area contributed by atoms with Crippen molar-refractivity contribution in [2.24, 2.45) is 5.92 Å². The van der Waals surface area contributed by atoms with Crippen LogP contribution in [0.2, 0.25) is 0 Å². The summed E-state index contributed by atoms with van der Waals surface area (Å²) in [6.45, 7) is 6.93. The maximum atomic E-state index is 2.32. The van der Waals surface area contributed by atoms with Gasteiger partial charge in [0.25, 0.3) is 0 Å². The number of hydrogen-bond donors (Lipinski definition) is 0. The van der Waals surface area contributed by atoms with E-state index < -0.39 is 0 Å². The Morgan fingerprint density at radius 2 is 1.85 bits per heavy atom. The average molecular weight is 192 g/mol. The van der Waals surface area contributed by atoms with Crippen LogP contribution >= 0.6 is 0 Å². The fraction of sp³-hybridized carbons (Fsp3) is 0.500. The predicted molar refractivity (Wildman–Crippen MR) is 63.9 cm³/mol. The van der Waals surface area contributed by atoms with E-state index in [0.29, 0.717) is 0 Å². The van der Waals surface area contributed by atoms with Crippen LogP contribution in [0.25, 0.3) is 0 Å². The van der Waals surface area contributed by atoms with Crippen molar-refractivity contribution in [1.29, 1.82) is 0 Å². The Balaban J connectivity index is 2.97. The third-order valence-corrected chi connectivity index (χ3v) is 3.74. The second kappa shape index (κ2) is 4.61. The highest BCUT2D eigenvalue weighted by Crippen LogP contribution is 2.25. The summed E-state index contributed by atoms with van der Waals surface area (Å²) in [4.78, 5) is 0. The molecule has 0 aliphatic heterocycles. The van der Waals surface area contributed by atoms with Gasteiger partial charge in [0.1, 0.15) is 0 Å². The molecule has 0 bridgehead atoms. The molecule has 0 aromatic heterocycles. The van der Waals surface area contributed by atoms with Crippen LogP contribution in [0.4, 0.5) is 0 Å². The minimum atomic E-state index is 0.758. The Morgan fingerprint density at radius 3 is 2.31 bits per heavy atom. The first-order valence-corrected chi connectivity index (χ1v) is 6.22. The van der Waals surface area contributed by atoms with Gasteiger partial charge in [-0.05, 0) is 23.8 Å². The van der Waals surface area contributed by atoms with Crippen molar-refractivity contribution in [3.05, 3.63) is 29.8 Å². The highest BCUT2D eigenvalue weighted by atomic mass is 28.1. The molecule has 0 aliphatic rings. The fourth-order valence-electron chi connectivity index (χ4n) is 2.05. The summed E-state index contributed by atoms with van der Waals surface area (Å²) >= 11 is 0. The fourth-order valence-corrected chi connectivity index (χ4v) is 2.78. The second-order valence-corrected chi connectivity index (χ2v) is 5.19. The summed E-state index contributed by atoms with van der Waals surface area (Å²) in [7, 11) is 1.17.